The van der Waals surface area contributed by atoms with Gasteiger partial charge in [0.2, 0.25) is 0 Å². The summed E-state index contributed by atoms with van der Waals surface area (Å²) in [5.41, 5.74) is 0.263. The molecule has 0 aliphatic rings. The molecule has 1 atom stereocenters. The molecule has 0 radical (unpaired) electrons. The van der Waals surface area contributed by atoms with Crippen molar-refractivity contribution in [2.24, 2.45) is 0 Å². The van der Waals surface area contributed by atoms with Gasteiger partial charge in [-0.05, 0) is 13.3 Å². The van der Waals surface area contributed by atoms with Gasteiger partial charge >= 0.3 is 5.97 Å². The molecule has 5 nitrogen and oxygen atoms in total. The maximum absolute atomic E-state index is 11.6. The number of ether oxygens (including phenoxy) is 1. The number of thioether (sulfide) groups is 1. The molecule has 17 heavy (non-hydrogen) atoms. The van der Waals surface area contributed by atoms with Crippen LogP contribution in [0.2, 0.25) is 0 Å². The Morgan fingerprint density at radius 3 is 2.76 bits per heavy atom. The van der Waals surface area contributed by atoms with Gasteiger partial charge in [-0.15, -0.1) is 0 Å². The van der Waals surface area contributed by atoms with Crippen LogP contribution in [-0.2, 0) is 9.53 Å². The zero-order chi connectivity index (χ0) is 12.7. The number of esters is 1. The van der Waals surface area contributed by atoms with Crippen LogP contribution in [-0.4, -0.2) is 27.8 Å². The van der Waals surface area contributed by atoms with Crippen molar-refractivity contribution < 1.29 is 9.53 Å². The number of carbonyl (C=O) groups is 1. The van der Waals surface area contributed by atoms with Crippen LogP contribution >= 0.6 is 11.8 Å². The summed E-state index contributed by atoms with van der Waals surface area (Å²) in [7, 11) is 0. The molecule has 0 amide bonds. The summed E-state index contributed by atoms with van der Waals surface area (Å²) in [4.78, 5) is 19.5. The smallest absolute Gasteiger partial charge is 0.319 e. The number of hydrogen-bond acceptors (Lipinski definition) is 6. The summed E-state index contributed by atoms with van der Waals surface area (Å²) in [5.74, 6) is -0.244. The second-order valence-corrected chi connectivity index (χ2v) is 4.34. The molecule has 6 heteroatoms. The lowest BCUT2D eigenvalue weighted by atomic mass is 10.3. The highest BCUT2D eigenvalue weighted by atomic mass is 32.2. The lowest BCUT2D eigenvalue weighted by Crippen LogP contribution is -2.19. The summed E-state index contributed by atoms with van der Waals surface area (Å²) < 4.78 is 4.95. The van der Waals surface area contributed by atoms with Gasteiger partial charge in [-0.3, -0.25) is 4.79 Å². The molecule has 0 N–H and O–H groups in total. The highest BCUT2D eigenvalue weighted by Crippen LogP contribution is 2.23. The maximum atomic E-state index is 11.6. The topological polar surface area (TPSA) is 75.9 Å². The fourth-order valence-corrected chi connectivity index (χ4v) is 1.96. The number of hydrogen-bond donors (Lipinski definition) is 0. The molecular formula is C11H13N3O2S. The second-order valence-electron chi connectivity index (χ2n) is 3.12. The quantitative estimate of drug-likeness (QED) is 0.586. The molecule has 0 spiro atoms. The molecule has 1 heterocycles. The van der Waals surface area contributed by atoms with E-state index in [9.17, 15) is 4.79 Å². The molecule has 1 aromatic rings. The molecule has 0 aliphatic heterocycles. The number of nitrogens with zero attached hydrogens (tertiary/aromatic N) is 3. The Balaban J connectivity index is 2.67. The molecule has 0 bridgehead atoms. The van der Waals surface area contributed by atoms with Gasteiger partial charge in [0.15, 0.2) is 5.69 Å². The third-order valence-corrected chi connectivity index (χ3v) is 3.19. The lowest BCUT2D eigenvalue weighted by Gasteiger charge is -2.11. The normalized spacial score (nSPS) is 11.6. The third-order valence-electron chi connectivity index (χ3n) is 1.93. The van der Waals surface area contributed by atoms with Crippen molar-refractivity contribution in [2.75, 3.05) is 6.61 Å². The zero-order valence-corrected chi connectivity index (χ0v) is 10.5. The van der Waals surface area contributed by atoms with Crippen molar-refractivity contribution in [1.29, 1.82) is 5.26 Å². The standard InChI is InChI=1S/C11H13N3O2S/c1-3-9(11(15)16-4-2)17-10-7-13-8(5-12)6-14-10/h6-7,9H,3-4H2,1-2H3. The van der Waals surface area contributed by atoms with E-state index in [1.165, 1.54) is 24.2 Å². The Bertz CT molecular complexity index is 414. The van der Waals surface area contributed by atoms with E-state index in [0.717, 1.165) is 0 Å². The van der Waals surface area contributed by atoms with E-state index in [1.54, 1.807) is 6.92 Å². The molecule has 1 aromatic heterocycles. The van der Waals surface area contributed by atoms with Crippen molar-refractivity contribution in [3.8, 4) is 6.07 Å². The third kappa shape index (κ3) is 4.04. The van der Waals surface area contributed by atoms with Gasteiger partial charge < -0.3 is 4.74 Å². The molecule has 0 fully saturated rings. The molecule has 1 unspecified atom stereocenters. The van der Waals surface area contributed by atoms with E-state index < -0.39 is 0 Å². The van der Waals surface area contributed by atoms with Gasteiger partial charge in [0, 0.05) is 0 Å². The predicted molar refractivity (Wildman–Crippen MR) is 63.3 cm³/mol. The van der Waals surface area contributed by atoms with E-state index in [2.05, 4.69) is 9.97 Å². The fourth-order valence-electron chi connectivity index (χ4n) is 1.11. The van der Waals surface area contributed by atoms with Crippen LogP contribution in [0, 0.1) is 11.3 Å². The summed E-state index contributed by atoms with van der Waals surface area (Å²) >= 11 is 1.30. The van der Waals surface area contributed by atoms with Crippen molar-refractivity contribution in [3.63, 3.8) is 0 Å². The zero-order valence-electron chi connectivity index (χ0n) is 9.71. The van der Waals surface area contributed by atoms with Gasteiger partial charge in [0.25, 0.3) is 0 Å². The molecule has 1 rings (SSSR count). The van der Waals surface area contributed by atoms with E-state index >= 15 is 0 Å². The molecule has 0 saturated heterocycles. The average Bonchev–Trinajstić information content (AvgIpc) is 2.37. The van der Waals surface area contributed by atoms with Crippen LogP contribution < -0.4 is 0 Å². The van der Waals surface area contributed by atoms with Gasteiger partial charge in [0.1, 0.15) is 16.3 Å². The van der Waals surface area contributed by atoms with Crippen LogP contribution in [0.5, 0.6) is 0 Å². The molecule has 90 valence electrons. The largest absolute Gasteiger partial charge is 0.465 e. The molecule has 0 saturated carbocycles. The Labute approximate surface area is 104 Å². The van der Waals surface area contributed by atoms with Gasteiger partial charge in [-0.1, -0.05) is 18.7 Å². The van der Waals surface area contributed by atoms with E-state index in [4.69, 9.17) is 10.00 Å². The fraction of sp³-hybridized carbons (Fsp3) is 0.455. The minimum Gasteiger partial charge on any atom is -0.465 e. The monoisotopic (exact) mass is 251 g/mol. The number of aromatic nitrogens is 2. The molecular weight excluding hydrogens is 238 g/mol. The van der Waals surface area contributed by atoms with Crippen LogP contribution in [0.25, 0.3) is 0 Å². The van der Waals surface area contributed by atoms with E-state index in [1.807, 2.05) is 13.0 Å². The summed E-state index contributed by atoms with van der Waals surface area (Å²) in [6.07, 6.45) is 3.54. The van der Waals surface area contributed by atoms with Crippen LogP contribution in [0.15, 0.2) is 17.4 Å². The first-order valence-corrected chi connectivity index (χ1v) is 6.14. The maximum Gasteiger partial charge on any atom is 0.319 e. The Morgan fingerprint density at radius 1 is 1.53 bits per heavy atom. The highest BCUT2D eigenvalue weighted by Gasteiger charge is 2.19. The minimum absolute atomic E-state index is 0.244. The first kappa shape index (κ1) is 13.5. The van der Waals surface area contributed by atoms with Crippen molar-refractivity contribution in [1.82, 2.24) is 9.97 Å². The van der Waals surface area contributed by atoms with Crippen molar-refractivity contribution >= 4 is 17.7 Å². The van der Waals surface area contributed by atoms with E-state index in [0.29, 0.717) is 18.1 Å². The van der Waals surface area contributed by atoms with E-state index in [-0.39, 0.29) is 16.9 Å². The van der Waals surface area contributed by atoms with Gasteiger partial charge in [0.05, 0.1) is 19.0 Å². The molecule has 0 aromatic carbocycles. The predicted octanol–water partition coefficient (Wildman–Crippen LogP) is 1.78. The second kappa shape index (κ2) is 6.86. The Hall–Kier alpha value is -1.61. The SMILES string of the molecule is CCOC(=O)C(CC)Sc1cnc(C#N)cn1. The van der Waals surface area contributed by atoms with Crippen LogP contribution in [0.1, 0.15) is 26.0 Å². The van der Waals surface area contributed by atoms with Crippen LogP contribution in [0.3, 0.4) is 0 Å². The van der Waals surface area contributed by atoms with Crippen molar-refractivity contribution in [2.45, 2.75) is 30.5 Å². The number of carbonyl (C=O) groups excluding carboxylic acids is 1. The molecule has 0 aliphatic carbocycles. The highest BCUT2D eigenvalue weighted by molar-refractivity contribution is 8.00. The van der Waals surface area contributed by atoms with Crippen LogP contribution in [0.4, 0.5) is 0 Å². The van der Waals surface area contributed by atoms with Crippen molar-refractivity contribution in [3.05, 3.63) is 18.1 Å². The summed E-state index contributed by atoms with van der Waals surface area (Å²) in [6.45, 7) is 4.05. The first-order chi connectivity index (χ1) is 8.21. The first-order valence-electron chi connectivity index (χ1n) is 5.26. The van der Waals surface area contributed by atoms with Gasteiger partial charge in [-0.25, -0.2) is 9.97 Å². The number of nitriles is 1. The minimum atomic E-state index is -0.280. The Kier molecular flexibility index (Phi) is 5.43. The Morgan fingerprint density at radius 2 is 2.29 bits per heavy atom. The summed E-state index contributed by atoms with van der Waals surface area (Å²) in [5, 5.41) is 8.92. The summed E-state index contributed by atoms with van der Waals surface area (Å²) in [6, 6.07) is 1.89. The lowest BCUT2D eigenvalue weighted by molar-refractivity contribution is -0.142. The average molecular weight is 251 g/mol. The van der Waals surface area contributed by atoms with Gasteiger partial charge in [-0.2, -0.15) is 5.26 Å². The number of rotatable bonds is 5.